The Hall–Kier alpha value is -1.66. The number of rotatable bonds is 4. The van der Waals surface area contributed by atoms with E-state index in [1.54, 1.807) is 16.2 Å². The molecule has 1 aromatic carbocycles. The average Bonchev–Trinajstić information content (AvgIpc) is 3.20. The van der Waals surface area contributed by atoms with Crippen molar-refractivity contribution in [2.45, 2.75) is 45.2 Å². The number of benzene rings is 1. The fourth-order valence-corrected chi connectivity index (χ4v) is 5.67. The van der Waals surface area contributed by atoms with Crippen LogP contribution >= 0.6 is 11.3 Å². The van der Waals surface area contributed by atoms with Gasteiger partial charge in [-0.05, 0) is 41.0 Å². The molecule has 0 aliphatic carbocycles. The van der Waals surface area contributed by atoms with Crippen LogP contribution in [0.15, 0.2) is 41.8 Å². The molecule has 1 aromatic heterocycles. The number of nitrogens with zero attached hydrogens (tertiary/aromatic N) is 1. The van der Waals surface area contributed by atoms with Gasteiger partial charge >= 0.3 is 0 Å². The predicted molar refractivity (Wildman–Crippen MR) is 106 cm³/mol. The van der Waals surface area contributed by atoms with Gasteiger partial charge in [0.2, 0.25) is 0 Å². The lowest BCUT2D eigenvalue weighted by molar-refractivity contribution is 0.0683. The first-order valence-corrected chi connectivity index (χ1v) is 11.5. The fourth-order valence-electron chi connectivity index (χ4n) is 3.24. The van der Waals surface area contributed by atoms with E-state index in [0.717, 1.165) is 4.88 Å². The van der Waals surface area contributed by atoms with Gasteiger partial charge in [0.25, 0.3) is 5.91 Å². The van der Waals surface area contributed by atoms with E-state index in [1.165, 1.54) is 5.56 Å². The molecule has 0 bridgehead atoms. The Labute approximate surface area is 159 Å². The molecule has 0 radical (unpaired) electrons. The highest BCUT2D eigenvalue weighted by Gasteiger charge is 2.35. The molecule has 0 unspecified atom stereocenters. The van der Waals surface area contributed by atoms with E-state index >= 15 is 0 Å². The molecule has 1 amide bonds. The smallest absolute Gasteiger partial charge is 0.254 e. The van der Waals surface area contributed by atoms with Gasteiger partial charge in [0.05, 0.1) is 18.1 Å². The van der Waals surface area contributed by atoms with Gasteiger partial charge in [-0.1, -0.05) is 39.0 Å². The van der Waals surface area contributed by atoms with Crippen molar-refractivity contribution < 1.29 is 13.2 Å². The first-order valence-electron chi connectivity index (χ1n) is 8.80. The number of thiophene rings is 1. The predicted octanol–water partition coefficient (Wildman–Crippen LogP) is 3.88. The van der Waals surface area contributed by atoms with E-state index in [0.29, 0.717) is 18.5 Å². The number of hydrogen-bond acceptors (Lipinski definition) is 4. The van der Waals surface area contributed by atoms with Crippen LogP contribution in [0.5, 0.6) is 0 Å². The molecule has 6 heteroatoms. The lowest BCUT2D eigenvalue weighted by atomic mass is 9.86. The lowest BCUT2D eigenvalue weighted by Gasteiger charge is -2.28. The highest BCUT2D eigenvalue weighted by Crippen LogP contribution is 2.26. The molecule has 0 N–H and O–H groups in total. The molecular weight excluding hydrogens is 366 g/mol. The van der Waals surface area contributed by atoms with E-state index in [1.807, 2.05) is 41.8 Å². The van der Waals surface area contributed by atoms with E-state index in [4.69, 9.17) is 0 Å². The Morgan fingerprint density at radius 3 is 2.38 bits per heavy atom. The number of carbonyl (C=O) groups excluding carboxylic acids is 1. The molecule has 0 spiro atoms. The molecule has 1 fully saturated rings. The summed E-state index contributed by atoms with van der Waals surface area (Å²) in [5, 5.41) is 1.97. The summed E-state index contributed by atoms with van der Waals surface area (Å²) in [4.78, 5) is 16.0. The zero-order valence-electron chi connectivity index (χ0n) is 15.4. The summed E-state index contributed by atoms with van der Waals surface area (Å²) in [6.07, 6.45) is 0.513. The van der Waals surface area contributed by atoms with Gasteiger partial charge < -0.3 is 4.90 Å². The highest BCUT2D eigenvalue weighted by molar-refractivity contribution is 7.91. The van der Waals surface area contributed by atoms with Gasteiger partial charge in [-0.25, -0.2) is 8.42 Å². The van der Waals surface area contributed by atoms with Crippen molar-refractivity contribution in [3.8, 4) is 0 Å². The van der Waals surface area contributed by atoms with E-state index in [9.17, 15) is 13.2 Å². The zero-order valence-corrected chi connectivity index (χ0v) is 17.1. The number of amides is 1. The molecule has 1 aliphatic rings. The van der Waals surface area contributed by atoms with Crippen LogP contribution in [0.3, 0.4) is 0 Å². The second-order valence-electron chi connectivity index (χ2n) is 7.90. The van der Waals surface area contributed by atoms with Crippen LogP contribution in [-0.4, -0.2) is 36.8 Å². The molecule has 1 saturated heterocycles. The maximum atomic E-state index is 13.2. The Bertz CT molecular complexity index is 863. The highest BCUT2D eigenvalue weighted by atomic mass is 32.2. The van der Waals surface area contributed by atoms with Gasteiger partial charge in [-0.2, -0.15) is 0 Å². The quantitative estimate of drug-likeness (QED) is 0.795. The van der Waals surface area contributed by atoms with Gasteiger partial charge in [0.15, 0.2) is 9.84 Å². The van der Waals surface area contributed by atoms with Crippen molar-refractivity contribution in [3.05, 3.63) is 57.8 Å². The second-order valence-corrected chi connectivity index (χ2v) is 11.2. The SMILES string of the molecule is CC(C)(C)c1ccc(C(=O)N(Cc2cccs2)[C@H]2CCS(=O)(=O)C2)cc1. The zero-order chi connectivity index (χ0) is 18.9. The molecule has 4 nitrogen and oxygen atoms in total. The topological polar surface area (TPSA) is 54.5 Å². The molecule has 3 rings (SSSR count). The third-order valence-corrected chi connectivity index (χ3v) is 7.43. The molecule has 140 valence electrons. The summed E-state index contributed by atoms with van der Waals surface area (Å²) in [6, 6.07) is 11.4. The number of carbonyl (C=O) groups is 1. The van der Waals surface area contributed by atoms with E-state index in [-0.39, 0.29) is 28.9 Å². The minimum absolute atomic E-state index is 0.0256. The van der Waals surface area contributed by atoms with Gasteiger partial charge in [-0.3, -0.25) is 4.79 Å². The monoisotopic (exact) mass is 391 g/mol. The Morgan fingerprint density at radius 2 is 1.88 bits per heavy atom. The summed E-state index contributed by atoms with van der Waals surface area (Å²) in [5.74, 6) is 0.125. The summed E-state index contributed by atoms with van der Waals surface area (Å²) in [6.45, 7) is 6.86. The van der Waals surface area contributed by atoms with Crippen molar-refractivity contribution in [2.24, 2.45) is 0 Å². The summed E-state index contributed by atoms with van der Waals surface area (Å²) >= 11 is 1.59. The molecule has 26 heavy (non-hydrogen) atoms. The summed E-state index contributed by atoms with van der Waals surface area (Å²) < 4.78 is 23.9. The Balaban J connectivity index is 1.87. The van der Waals surface area contributed by atoms with Crippen LogP contribution in [0, 0.1) is 0 Å². The largest absolute Gasteiger partial charge is 0.329 e. The molecule has 1 atom stereocenters. The third-order valence-electron chi connectivity index (χ3n) is 4.81. The van der Waals surface area contributed by atoms with Crippen LogP contribution in [0.25, 0.3) is 0 Å². The number of hydrogen-bond donors (Lipinski definition) is 0. The minimum atomic E-state index is -3.05. The van der Waals surface area contributed by atoms with Crippen LogP contribution in [-0.2, 0) is 21.8 Å². The van der Waals surface area contributed by atoms with Gasteiger partial charge in [-0.15, -0.1) is 11.3 Å². The van der Waals surface area contributed by atoms with Crippen LogP contribution in [0.4, 0.5) is 0 Å². The van der Waals surface area contributed by atoms with Crippen molar-refractivity contribution >= 4 is 27.1 Å². The standard InChI is InChI=1S/C20H25NO3S2/c1-20(2,3)16-8-6-15(7-9-16)19(22)21(13-18-5-4-11-25-18)17-10-12-26(23,24)14-17/h4-9,11,17H,10,12-14H2,1-3H3/t17-/m0/s1. The van der Waals surface area contributed by atoms with Crippen LogP contribution in [0.2, 0.25) is 0 Å². The Morgan fingerprint density at radius 1 is 1.19 bits per heavy atom. The third kappa shape index (κ3) is 4.35. The van der Waals surface area contributed by atoms with Gasteiger partial charge in [0.1, 0.15) is 0 Å². The second kappa shape index (κ2) is 7.16. The molecule has 2 heterocycles. The molecule has 2 aromatic rings. The van der Waals surface area contributed by atoms with E-state index in [2.05, 4.69) is 20.8 Å². The van der Waals surface area contributed by atoms with Crippen molar-refractivity contribution in [1.82, 2.24) is 4.90 Å². The first kappa shape index (κ1) is 19.1. The van der Waals surface area contributed by atoms with Crippen LogP contribution < -0.4 is 0 Å². The maximum absolute atomic E-state index is 13.2. The number of sulfone groups is 1. The van der Waals surface area contributed by atoms with Crippen molar-refractivity contribution in [2.75, 3.05) is 11.5 Å². The average molecular weight is 392 g/mol. The van der Waals surface area contributed by atoms with Crippen LogP contribution in [0.1, 0.15) is 48.0 Å². The Kier molecular flexibility index (Phi) is 5.26. The maximum Gasteiger partial charge on any atom is 0.254 e. The van der Waals surface area contributed by atoms with Crippen molar-refractivity contribution in [3.63, 3.8) is 0 Å². The molecular formula is C20H25NO3S2. The summed E-state index contributed by atoms with van der Waals surface area (Å²) in [7, 11) is -3.05. The molecule has 0 saturated carbocycles. The minimum Gasteiger partial charge on any atom is -0.329 e. The first-order chi connectivity index (χ1) is 12.2. The normalized spacial score (nSPS) is 19.4. The molecule has 1 aliphatic heterocycles. The fraction of sp³-hybridized carbons (Fsp3) is 0.450. The van der Waals surface area contributed by atoms with Gasteiger partial charge in [0, 0.05) is 16.5 Å². The lowest BCUT2D eigenvalue weighted by Crippen LogP contribution is -2.40. The summed E-state index contributed by atoms with van der Waals surface area (Å²) in [5.41, 5.74) is 1.80. The van der Waals surface area contributed by atoms with E-state index < -0.39 is 9.84 Å². The van der Waals surface area contributed by atoms with Crippen molar-refractivity contribution in [1.29, 1.82) is 0 Å².